The third-order valence-electron chi connectivity index (χ3n) is 4.31. The van der Waals surface area contributed by atoms with Gasteiger partial charge in [-0.25, -0.2) is 0 Å². The van der Waals surface area contributed by atoms with Gasteiger partial charge in [0.25, 0.3) is 0 Å². The quantitative estimate of drug-likeness (QED) is 0.826. The fourth-order valence-electron chi connectivity index (χ4n) is 3.09. The van der Waals surface area contributed by atoms with E-state index >= 15 is 0 Å². The Hall–Kier alpha value is -2.08. The second-order valence-corrected chi connectivity index (χ2v) is 5.67. The molecule has 1 aromatic heterocycles. The molecule has 1 aliphatic carbocycles. The molecule has 0 radical (unpaired) electrons. The Balaban J connectivity index is 2.10. The smallest absolute Gasteiger partial charge is 0.170 e. The Morgan fingerprint density at radius 2 is 2.11 bits per heavy atom. The van der Waals surface area contributed by atoms with Crippen LogP contribution >= 0.6 is 0 Å². The van der Waals surface area contributed by atoms with Gasteiger partial charge in [0.15, 0.2) is 5.78 Å². The van der Waals surface area contributed by atoms with Crippen LogP contribution in [0.25, 0.3) is 10.9 Å². The number of aromatic nitrogens is 1. The first kappa shape index (κ1) is 12.0. The number of aromatic amines is 1. The summed E-state index contributed by atoms with van der Waals surface area (Å²) in [6, 6.07) is 7.56. The van der Waals surface area contributed by atoms with Gasteiger partial charge in [-0.2, -0.15) is 5.26 Å². The van der Waals surface area contributed by atoms with E-state index < -0.39 is 0 Å². The molecule has 0 amide bonds. The lowest BCUT2D eigenvalue weighted by atomic mass is 9.81. The monoisotopic (exact) mass is 252 g/mol. The molecular formula is C16H16N2O. The van der Waals surface area contributed by atoms with Crippen molar-refractivity contribution >= 4 is 16.7 Å². The lowest BCUT2D eigenvalue weighted by molar-refractivity contribution is 0.0825. The van der Waals surface area contributed by atoms with Gasteiger partial charge < -0.3 is 4.98 Å². The zero-order chi connectivity index (χ0) is 13.5. The number of nitrogens with zero attached hydrogens (tertiary/aromatic N) is 1. The predicted octanol–water partition coefficient (Wildman–Crippen LogP) is 3.80. The summed E-state index contributed by atoms with van der Waals surface area (Å²) in [4.78, 5) is 15.9. The number of Topliss-reactive ketones (excluding diaryl/α,β-unsaturated/α-hetero) is 1. The van der Waals surface area contributed by atoms with E-state index in [1.807, 2.05) is 6.07 Å². The fraction of sp³-hybridized carbons (Fsp3) is 0.375. The molecule has 1 saturated carbocycles. The van der Waals surface area contributed by atoms with Crippen molar-refractivity contribution in [1.29, 1.82) is 5.26 Å². The van der Waals surface area contributed by atoms with Gasteiger partial charge in [0, 0.05) is 28.1 Å². The first-order chi connectivity index (χ1) is 9.14. The van der Waals surface area contributed by atoms with Crippen LogP contribution in [0.2, 0.25) is 0 Å². The normalized spacial score (nSPS) is 17.5. The summed E-state index contributed by atoms with van der Waals surface area (Å²) >= 11 is 0. The minimum absolute atomic E-state index is 0.214. The van der Waals surface area contributed by atoms with E-state index in [1.165, 1.54) is 0 Å². The van der Waals surface area contributed by atoms with E-state index in [-0.39, 0.29) is 11.2 Å². The van der Waals surface area contributed by atoms with Gasteiger partial charge in [-0.3, -0.25) is 4.79 Å². The summed E-state index contributed by atoms with van der Waals surface area (Å²) in [6.07, 6.45) is 5.99. The molecule has 19 heavy (non-hydrogen) atoms. The summed E-state index contributed by atoms with van der Waals surface area (Å²) in [7, 11) is 0. The highest BCUT2D eigenvalue weighted by Crippen LogP contribution is 2.41. The molecule has 96 valence electrons. The topological polar surface area (TPSA) is 56.6 Å². The second kappa shape index (κ2) is 4.24. The van der Waals surface area contributed by atoms with Gasteiger partial charge in [-0.15, -0.1) is 0 Å². The van der Waals surface area contributed by atoms with Crippen molar-refractivity contribution in [2.75, 3.05) is 0 Å². The van der Waals surface area contributed by atoms with Crippen molar-refractivity contribution in [1.82, 2.24) is 4.98 Å². The van der Waals surface area contributed by atoms with E-state index in [2.05, 4.69) is 18.0 Å². The van der Waals surface area contributed by atoms with Crippen LogP contribution in [-0.2, 0) is 0 Å². The van der Waals surface area contributed by atoms with Gasteiger partial charge in [0.05, 0.1) is 11.6 Å². The molecule has 0 spiro atoms. The number of carbonyl (C=O) groups is 1. The van der Waals surface area contributed by atoms with Crippen molar-refractivity contribution in [3.63, 3.8) is 0 Å². The number of hydrogen-bond donors (Lipinski definition) is 1. The van der Waals surface area contributed by atoms with Crippen molar-refractivity contribution in [3.05, 3.63) is 35.5 Å². The SMILES string of the molecule is CC1(C(=O)c2c[nH]c3ccc(C#N)cc23)CCCC1. The molecule has 3 nitrogen and oxygen atoms in total. The summed E-state index contributed by atoms with van der Waals surface area (Å²) in [5, 5.41) is 9.85. The van der Waals surface area contributed by atoms with Crippen molar-refractivity contribution < 1.29 is 4.79 Å². The summed E-state index contributed by atoms with van der Waals surface area (Å²) in [5.41, 5.74) is 2.02. The summed E-state index contributed by atoms with van der Waals surface area (Å²) < 4.78 is 0. The highest BCUT2D eigenvalue weighted by Gasteiger charge is 2.37. The average molecular weight is 252 g/mol. The van der Waals surface area contributed by atoms with Crippen LogP contribution in [0.4, 0.5) is 0 Å². The molecule has 3 rings (SSSR count). The standard InChI is InChI=1S/C16H16N2O/c1-16(6-2-3-7-16)15(19)13-10-18-14-5-4-11(9-17)8-12(13)14/h4-5,8,10,18H,2-3,6-7H2,1H3. The maximum absolute atomic E-state index is 12.7. The number of fused-ring (bicyclic) bond motifs is 1. The minimum atomic E-state index is -0.224. The van der Waals surface area contributed by atoms with E-state index in [0.717, 1.165) is 42.1 Å². The molecule has 1 fully saturated rings. The van der Waals surface area contributed by atoms with Crippen molar-refractivity contribution in [2.45, 2.75) is 32.6 Å². The van der Waals surface area contributed by atoms with Crippen LogP contribution in [0.1, 0.15) is 48.5 Å². The van der Waals surface area contributed by atoms with Crippen molar-refractivity contribution in [2.24, 2.45) is 5.41 Å². The van der Waals surface area contributed by atoms with Crippen LogP contribution in [0, 0.1) is 16.7 Å². The molecule has 0 atom stereocenters. The minimum Gasteiger partial charge on any atom is -0.360 e. The fourth-order valence-corrected chi connectivity index (χ4v) is 3.09. The summed E-state index contributed by atoms with van der Waals surface area (Å²) in [5.74, 6) is 0.214. The van der Waals surface area contributed by atoms with Crippen molar-refractivity contribution in [3.8, 4) is 6.07 Å². The van der Waals surface area contributed by atoms with Crippen LogP contribution in [0.15, 0.2) is 24.4 Å². The largest absolute Gasteiger partial charge is 0.360 e. The van der Waals surface area contributed by atoms with Gasteiger partial charge in [0.2, 0.25) is 0 Å². The molecule has 1 aliphatic rings. The average Bonchev–Trinajstić information content (AvgIpc) is 3.04. The number of carbonyl (C=O) groups excluding carboxylic acids is 1. The lowest BCUT2D eigenvalue weighted by Gasteiger charge is -2.21. The molecule has 0 aliphatic heterocycles. The van der Waals surface area contributed by atoms with Crippen LogP contribution in [0.5, 0.6) is 0 Å². The van der Waals surface area contributed by atoms with E-state index in [4.69, 9.17) is 5.26 Å². The lowest BCUT2D eigenvalue weighted by Crippen LogP contribution is -2.24. The Kier molecular flexibility index (Phi) is 2.67. The molecule has 3 heteroatoms. The third-order valence-corrected chi connectivity index (χ3v) is 4.31. The van der Waals surface area contributed by atoms with Gasteiger partial charge >= 0.3 is 0 Å². The number of H-pyrrole nitrogens is 1. The Bertz CT molecular complexity index is 684. The number of benzene rings is 1. The van der Waals surface area contributed by atoms with E-state index in [9.17, 15) is 4.79 Å². The molecule has 0 unspecified atom stereocenters. The molecule has 0 bridgehead atoms. The van der Waals surface area contributed by atoms with Gasteiger partial charge in [0.1, 0.15) is 0 Å². The second-order valence-electron chi connectivity index (χ2n) is 5.67. The Morgan fingerprint density at radius 1 is 1.37 bits per heavy atom. The molecule has 2 aromatic rings. The van der Waals surface area contributed by atoms with Crippen LogP contribution in [0.3, 0.4) is 0 Å². The molecule has 1 aromatic carbocycles. The van der Waals surface area contributed by atoms with Gasteiger partial charge in [-0.05, 0) is 31.0 Å². The maximum Gasteiger partial charge on any atom is 0.170 e. The number of nitrogens with one attached hydrogen (secondary N) is 1. The number of nitriles is 1. The molecule has 1 N–H and O–H groups in total. The number of hydrogen-bond acceptors (Lipinski definition) is 2. The molecule has 0 saturated heterocycles. The Labute approximate surface area is 112 Å². The number of ketones is 1. The van der Waals surface area contributed by atoms with Crippen LogP contribution in [-0.4, -0.2) is 10.8 Å². The first-order valence-electron chi connectivity index (χ1n) is 6.70. The molecular weight excluding hydrogens is 236 g/mol. The third kappa shape index (κ3) is 1.84. The highest BCUT2D eigenvalue weighted by atomic mass is 16.1. The van der Waals surface area contributed by atoms with Gasteiger partial charge in [-0.1, -0.05) is 19.8 Å². The number of rotatable bonds is 2. The Morgan fingerprint density at radius 3 is 2.79 bits per heavy atom. The first-order valence-corrected chi connectivity index (χ1v) is 6.70. The van der Waals surface area contributed by atoms with E-state index in [0.29, 0.717) is 5.56 Å². The van der Waals surface area contributed by atoms with Crippen LogP contribution < -0.4 is 0 Å². The highest BCUT2D eigenvalue weighted by molar-refractivity contribution is 6.10. The zero-order valence-electron chi connectivity index (χ0n) is 11.0. The maximum atomic E-state index is 12.7. The predicted molar refractivity (Wildman–Crippen MR) is 73.9 cm³/mol. The zero-order valence-corrected chi connectivity index (χ0v) is 11.0. The van der Waals surface area contributed by atoms with E-state index in [1.54, 1.807) is 18.3 Å². The summed E-state index contributed by atoms with van der Waals surface area (Å²) in [6.45, 7) is 2.06. The molecule has 1 heterocycles.